The molecule has 0 rings (SSSR count). The van der Waals surface area contributed by atoms with E-state index in [2.05, 4.69) is 0 Å². The van der Waals surface area contributed by atoms with Gasteiger partial charge in [-0.05, 0) is 32.6 Å². The zero-order valence-corrected chi connectivity index (χ0v) is 11.0. The second-order valence-electron chi connectivity index (χ2n) is 4.48. The summed E-state index contributed by atoms with van der Waals surface area (Å²) in [7, 11) is 0. The fourth-order valence-electron chi connectivity index (χ4n) is 1.80. The Hall–Kier alpha value is -1.32. The van der Waals surface area contributed by atoms with Crippen molar-refractivity contribution in [2.45, 2.75) is 40.5 Å². The first-order valence-corrected chi connectivity index (χ1v) is 5.92. The number of hydrogen-bond donors (Lipinski definition) is 1. The van der Waals surface area contributed by atoms with Crippen LogP contribution in [0.2, 0.25) is 0 Å². The number of carboxylic acids is 1. The highest BCUT2D eigenvalue weighted by Crippen LogP contribution is 2.33. The first kappa shape index (κ1) is 15.7. The normalized spacial score (nSPS) is 14.9. The average molecular weight is 242 g/mol. The van der Waals surface area contributed by atoms with Crippen molar-refractivity contribution in [3.8, 4) is 0 Å². The van der Waals surface area contributed by atoms with Crippen molar-refractivity contribution < 1.29 is 19.4 Å². The van der Waals surface area contributed by atoms with Crippen molar-refractivity contribution >= 4 is 11.9 Å². The highest BCUT2D eigenvalue weighted by atomic mass is 16.5. The van der Waals surface area contributed by atoms with Gasteiger partial charge >= 0.3 is 11.9 Å². The number of esters is 1. The standard InChI is InChI=1S/C13H22O4/c1-5-7-8-13(11(14)15,9-10(3)4)12(16)17-6-2/h5,7,10H,6,8-9H2,1-4H3,(H,14,15)/b7-5+. The van der Waals surface area contributed by atoms with Crippen molar-refractivity contribution in [1.82, 2.24) is 0 Å². The lowest BCUT2D eigenvalue weighted by molar-refractivity contribution is -0.169. The van der Waals surface area contributed by atoms with Crippen molar-refractivity contribution in [1.29, 1.82) is 0 Å². The number of carbonyl (C=O) groups is 2. The maximum Gasteiger partial charge on any atom is 0.323 e. The first-order valence-electron chi connectivity index (χ1n) is 5.92. The Morgan fingerprint density at radius 2 is 2.00 bits per heavy atom. The molecular weight excluding hydrogens is 220 g/mol. The maximum absolute atomic E-state index is 11.9. The molecule has 1 atom stereocenters. The molecule has 0 aromatic heterocycles. The van der Waals surface area contributed by atoms with Crippen LogP contribution in [0.3, 0.4) is 0 Å². The minimum absolute atomic E-state index is 0.112. The summed E-state index contributed by atoms with van der Waals surface area (Å²) in [5.41, 5.74) is -1.45. The third kappa shape index (κ3) is 4.21. The molecule has 0 amide bonds. The number of ether oxygens (including phenoxy) is 1. The lowest BCUT2D eigenvalue weighted by Crippen LogP contribution is -2.41. The van der Waals surface area contributed by atoms with E-state index in [9.17, 15) is 14.7 Å². The molecule has 0 aromatic rings. The summed E-state index contributed by atoms with van der Waals surface area (Å²) in [5.74, 6) is -1.64. The second kappa shape index (κ2) is 7.09. The first-order chi connectivity index (χ1) is 7.90. The predicted octanol–water partition coefficient (Wildman–Crippen LogP) is 2.63. The SMILES string of the molecule is C/C=C/CC(CC(C)C)(C(=O)O)C(=O)OCC. The fourth-order valence-corrected chi connectivity index (χ4v) is 1.80. The Morgan fingerprint density at radius 1 is 1.41 bits per heavy atom. The number of rotatable bonds is 7. The van der Waals surface area contributed by atoms with E-state index in [1.165, 1.54) is 0 Å². The molecule has 17 heavy (non-hydrogen) atoms. The third-order valence-electron chi connectivity index (χ3n) is 2.53. The fraction of sp³-hybridized carbons (Fsp3) is 0.692. The summed E-state index contributed by atoms with van der Waals surface area (Å²) in [6.45, 7) is 7.46. The van der Waals surface area contributed by atoms with E-state index in [4.69, 9.17) is 4.74 Å². The Kier molecular flexibility index (Phi) is 6.54. The van der Waals surface area contributed by atoms with Crippen LogP contribution in [0.5, 0.6) is 0 Å². The van der Waals surface area contributed by atoms with E-state index in [0.29, 0.717) is 0 Å². The van der Waals surface area contributed by atoms with Gasteiger partial charge in [0.05, 0.1) is 6.61 Å². The minimum atomic E-state index is -1.45. The van der Waals surface area contributed by atoms with E-state index >= 15 is 0 Å². The van der Waals surface area contributed by atoms with E-state index in [0.717, 1.165) is 0 Å². The van der Waals surface area contributed by atoms with Gasteiger partial charge in [-0.15, -0.1) is 0 Å². The van der Waals surface area contributed by atoms with Crippen LogP contribution in [0, 0.1) is 11.3 Å². The van der Waals surface area contributed by atoms with Gasteiger partial charge in [-0.1, -0.05) is 26.0 Å². The number of aliphatic carboxylic acids is 1. The zero-order chi connectivity index (χ0) is 13.5. The second-order valence-corrected chi connectivity index (χ2v) is 4.48. The molecule has 0 aliphatic heterocycles. The van der Waals surface area contributed by atoms with Crippen molar-refractivity contribution in [2.24, 2.45) is 11.3 Å². The predicted molar refractivity (Wildman–Crippen MR) is 65.6 cm³/mol. The van der Waals surface area contributed by atoms with Gasteiger partial charge in [0, 0.05) is 0 Å². The molecular formula is C13H22O4. The van der Waals surface area contributed by atoms with Crippen molar-refractivity contribution in [3.05, 3.63) is 12.2 Å². The van der Waals surface area contributed by atoms with Gasteiger partial charge in [0.2, 0.25) is 0 Å². The summed E-state index contributed by atoms with van der Waals surface area (Å²) < 4.78 is 4.91. The molecule has 0 saturated carbocycles. The number of hydrogen-bond acceptors (Lipinski definition) is 3. The molecule has 0 saturated heterocycles. The van der Waals surface area contributed by atoms with Gasteiger partial charge in [0.25, 0.3) is 0 Å². The average Bonchev–Trinajstić information content (AvgIpc) is 2.23. The van der Waals surface area contributed by atoms with E-state index in [1.54, 1.807) is 26.0 Å². The molecule has 0 fully saturated rings. The molecule has 0 heterocycles. The topological polar surface area (TPSA) is 63.6 Å². The Morgan fingerprint density at radius 3 is 2.35 bits per heavy atom. The van der Waals surface area contributed by atoms with E-state index < -0.39 is 17.4 Å². The van der Waals surface area contributed by atoms with Crippen LogP contribution in [0.4, 0.5) is 0 Å². The third-order valence-corrected chi connectivity index (χ3v) is 2.53. The Bertz CT molecular complexity index is 294. The number of allylic oxidation sites excluding steroid dienone is 2. The molecule has 1 N–H and O–H groups in total. The molecule has 0 aliphatic carbocycles. The summed E-state index contributed by atoms with van der Waals surface area (Å²) in [4.78, 5) is 23.4. The largest absolute Gasteiger partial charge is 0.480 e. The summed E-state index contributed by atoms with van der Waals surface area (Å²) >= 11 is 0. The monoisotopic (exact) mass is 242 g/mol. The van der Waals surface area contributed by atoms with Crippen LogP contribution in [0.25, 0.3) is 0 Å². The van der Waals surface area contributed by atoms with Gasteiger partial charge in [-0.3, -0.25) is 9.59 Å². The van der Waals surface area contributed by atoms with Crippen LogP contribution >= 0.6 is 0 Å². The Labute approximate surface area is 103 Å². The molecule has 1 unspecified atom stereocenters. The van der Waals surface area contributed by atoms with Gasteiger partial charge < -0.3 is 9.84 Å². The van der Waals surface area contributed by atoms with Crippen LogP contribution in [0.1, 0.15) is 40.5 Å². The molecule has 0 bridgehead atoms. The smallest absolute Gasteiger partial charge is 0.323 e. The van der Waals surface area contributed by atoms with Gasteiger partial charge in [-0.2, -0.15) is 0 Å². The van der Waals surface area contributed by atoms with E-state index in [-0.39, 0.29) is 25.4 Å². The molecule has 4 nitrogen and oxygen atoms in total. The summed E-state index contributed by atoms with van der Waals surface area (Å²) in [6.07, 6.45) is 3.91. The minimum Gasteiger partial charge on any atom is -0.480 e. The van der Waals surface area contributed by atoms with Crippen molar-refractivity contribution in [3.63, 3.8) is 0 Å². The van der Waals surface area contributed by atoms with Gasteiger partial charge in [-0.25, -0.2) is 0 Å². The lowest BCUT2D eigenvalue weighted by Gasteiger charge is -2.27. The maximum atomic E-state index is 11.9. The number of carbonyl (C=O) groups excluding carboxylic acids is 1. The quantitative estimate of drug-likeness (QED) is 0.423. The van der Waals surface area contributed by atoms with Crippen molar-refractivity contribution in [2.75, 3.05) is 6.61 Å². The van der Waals surface area contributed by atoms with Crippen LogP contribution in [0.15, 0.2) is 12.2 Å². The lowest BCUT2D eigenvalue weighted by atomic mass is 9.77. The summed E-state index contributed by atoms with van der Waals surface area (Å²) in [6, 6.07) is 0. The van der Waals surface area contributed by atoms with Gasteiger partial charge in [0.1, 0.15) is 0 Å². The zero-order valence-electron chi connectivity index (χ0n) is 11.0. The molecule has 4 heteroatoms. The molecule has 0 aromatic carbocycles. The highest BCUT2D eigenvalue weighted by Gasteiger charge is 2.46. The molecule has 0 radical (unpaired) electrons. The highest BCUT2D eigenvalue weighted by molar-refractivity contribution is 5.99. The Balaban J connectivity index is 5.22. The van der Waals surface area contributed by atoms with Gasteiger partial charge in [0.15, 0.2) is 5.41 Å². The molecule has 0 aliphatic rings. The van der Waals surface area contributed by atoms with Crippen LogP contribution in [-0.2, 0) is 14.3 Å². The van der Waals surface area contributed by atoms with Crippen LogP contribution < -0.4 is 0 Å². The van der Waals surface area contributed by atoms with E-state index in [1.807, 2.05) is 13.8 Å². The molecule has 98 valence electrons. The van der Waals surface area contributed by atoms with Crippen LogP contribution in [-0.4, -0.2) is 23.7 Å². The molecule has 0 spiro atoms. The number of carboxylic acid groups (broad SMARTS) is 1. The summed E-state index contributed by atoms with van der Waals surface area (Å²) in [5, 5.41) is 9.36.